The second-order valence-corrected chi connectivity index (χ2v) is 5.41. The van der Waals surface area contributed by atoms with Crippen LogP contribution in [0, 0.1) is 0 Å². The summed E-state index contributed by atoms with van der Waals surface area (Å²) in [6.07, 6.45) is 2.38. The van der Waals surface area contributed by atoms with Crippen molar-refractivity contribution in [2.45, 2.75) is 13.3 Å². The van der Waals surface area contributed by atoms with Crippen molar-refractivity contribution in [1.29, 1.82) is 0 Å². The van der Waals surface area contributed by atoms with Gasteiger partial charge < -0.3 is 10.1 Å². The van der Waals surface area contributed by atoms with Crippen LogP contribution in [-0.2, 0) is 11.2 Å². The zero-order valence-corrected chi connectivity index (χ0v) is 13.5. The molecule has 0 aromatic heterocycles. The number of rotatable bonds is 5. The number of halogens is 2. The highest BCUT2D eigenvalue weighted by molar-refractivity contribution is 6.39. The molecule has 0 unspecified atom stereocenters. The van der Waals surface area contributed by atoms with Crippen molar-refractivity contribution in [3.63, 3.8) is 0 Å². The molecule has 0 saturated carbocycles. The van der Waals surface area contributed by atoms with Crippen molar-refractivity contribution in [3.05, 3.63) is 64.7 Å². The molecular formula is C17H15Cl2NO2. The van der Waals surface area contributed by atoms with Crippen molar-refractivity contribution in [2.24, 2.45) is 0 Å². The van der Waals surface area contributed by atoms with Crippen LogP contribution in [-0.4, -0.2) is 5.97 Å². The number of carbonyl (C=O) groups is 1. The fourth-order valence-corrected chi connectivity index (χ4v) is 2.52. The lowest BCUT2D eigenvalue weighted by Gasteiger charge is -2.17. The molecule has 22 heavy (non-hydrogen) atoms. The highest BCUT2D eigenvalue weighted by atomic mass is 35.5. The van der Waals surface area contributed by atoms with Gasteiger partial charge >= 0.3 is 5.97 Å². The fraction of sp³-hybridized carbons (Fsp3) is 0.118. The van der Waals surface area contributed by atoms with Gasteiger partial charge in [0.2, 0.25) is 0 Å². The van der Waals surface area contributed by atoms with Gasteiger partial charge in [0, 0.05) is 6.92 Å². The third kappa shape index (κ3) is 3.81. The monoisotopic (exact) mass is 335 g/mol. The summed E-state index contributed by atoms with van der Waals surface area (Å²) in [5.41, 5.74) is 2.13. The molecule has 2 rings (SSSR count). The third-order valence-electron chi connectivity index (χ3n) is 2.94. The quantitative estimate of drug-likeness (QED) is 0.452. The molecule has 0 saturated heterocycles. The maximum absolute atomic E-state index is 11.3. The summed E-state index contributed by atoms with van der Waals surface area (Å²) in [6, 6.07) is 10.7. The second-order valence-electron chi connectivity index (χ2n) is 4.60. The predicted molar refractivity (Wildman–Crippen MR) is 91.4 cm³/mol. The topological polar surface area (TPSA) is 38.3 Å². The van der Waals surface area contributed by atoms with Gasteiger partial charge in [-0.05, 0) is 30.2 Å². The first kappa shape index (κ1) is 16.4. The van der Waals surface area contributed by atoms with E-state index in [0.29, 0.717) is 33.6 Å². The van der Waals surface area contributed by atoms with Crippen LogP contribution in [0.5, 0.6) is 5.75 Å². The maximum atomic E-state index is 11.3. The first-order valence-electron chi connectivity index (χ1n) is 6.65. The molecule has 0 aliphatic rings. The second kappa shape index (κ2) is 7.34. The Labute approximate surface area is 139 Å². The summed E-state index contributed by atoms with van der Waals surface area (Å²) in [7, 11) is 0. The average Bonchev–Trinajstić information content (AvgIpc) is 2.45. The molecule has 0 bridgehead atoms. The summed E-state index contributed by atoms with van der Waals surface area (Å²) >= 11 is 12.4. The van der Waals surface area contributed by atoms with Crippen LogP contribution in [0.1, 0.15) is 12.5 Å². The summed E-state index contributed by atoms with van der Waals surface area (Å²) in [5, 5.41) is 4.14. The van der Waals surface area contributed by atoms with Crippen LogP contribution in [0.25, 0.3) is 0 Å². The zero-order valence-electron chi connectivity index (χ0n) is 12.0. The fourth-order valence-electron chi connectivity index (χ4n) is 2.03. The van der Waals surface area contributed by atoms with Crippen LogP contribution < -0.4 is 10.1 Å². The minimum Gasteiger partial charge on any atom is -0.424 e. The molecule has 0 radical (unpaired) electrons. The number of nitrogens with one attached hydrogen (secondary N) is 1. The van der Waals surface area contributed by atoms with Crippen molar-refractivity contribution in [2.75, 3.05) is 5.32 Å². The first-order valence-corrected chi connectivity index (χ1v) is 7.40. The Kier molecular flexibility index (Phi) is 5.47. The van der Waals surface area contributed by atoms with E-state index in [1.54, 1.807) is 30.3 Å². The van der Waals surface area contributed by atoms with E-state index >= 15 is 0 Å². The molecular weight excluding hydrogens is 321 g/mol. The summed E-state index contributed by atoms with van der Waals surface area (Å²) in [4.78, 5) is 11.3. The zero-order chi connectivity index (χ0) is 16.1. The van der Waals surface area contributed by atoms with E-state index in [0.717, 1.165) is 5.56 Å². The molecule has 114 valence electrons. The van der Waals surface area contributed by atoms with Crippen LogP contribution in [0.2, 0.25) is 10.0 Å². The molecule has 0 spiro atoms. The number of benzene rings is 2. The molecule has 1 N–H and O–H groups in total. The van der Waals surface area contributed by atoms with Crippen molar-refractivity contribution in [1.82, 2.24) is 0 Å². The minimum absolute atomic E-state index is 0.399. The largest absolute Gasteiger partial charge is 0.424 e. The van der Waals surface area contributed by atoms with Gasteiger partial charge in [-0.3, -0.25) is 4.79 Å². The van der Waals surface area contributed by atoms with E-state index in [1.165, 1.54) is 6.92 Å². The highest BCUT2D eigenvalue weighted by Gasteiger charge is 2.14. The molecule has 0 aliphatic carbocycles. The Bertz CT molecular complexity index is 694. The number of allylic oxidation sites excluding steroid dienone is 1. The van der Waals surface area contributed by atoms with E-state index in [9.17, 15) is 4.79 Å². The van der Waals surface area contributed by atoms with Crippen molar-refractivity contribution in [3.8, 4) is 5.75 Å². The third-order valence-corrected chi connectivity index (χ3v) is 3.57. The van der Waals surface area contributed by atoms with Gasteiger partial charge in [0.05, 0.1) is 21.4 Å². The van der Waals surface area contributed by atoms with Gasteiger partial charge in [-0.1, -0.05) is 47.5 Å². The van der Waals surface area contributed by atoms with Crippen LogP contribution in [0.15, 0.2) is 49.1 Å². The average molecular weight is 336 g/mol. The summed E-state index contributed by atoms with van der Waals surface area (Å²) in [6.45, 7) is 5.10. The van der Waals surface area contributed by atoms with Gasteiger partial charge in [-0.15, -0.1) is 6.58 Å². The van der Waals surface area contributed by atoms with Gasteiger partial charge in [0.1, 0.15) is 0 Å². The number of anilines is 2. The van der Waals surface area contributed by atoms with Gasteiger partial charge in [0.15, 0.2) is 5.75 Å². The molecule has 0 aliphatic heterocycles. The lowest BCUT2D eigenvalue weighted by atomic mass is 10.1. The number of carbonyl (C=O) groups excluding carboxylic acids is 1. The van der Waals surface area contributed by atoms with E-state index in [1.807, 2.05) is 12.1 Å². The molecule has 2 aromatic carbocycles. The SMILES string of the molecule is C=CCc1cccc(OC(C)=O)c1Nc1c(Cl)cccc1Cl. The Morgan fingerprint density at radius 3 is 2.41 bits per heavy atom. The molecule has 0 atom stereocenters. The Morgan fingerprint density at radius 1 is 1.18 bits per heavy atom. The summed E-state index contributed by atoms with van der Waals surface area (Å²) in [5.74, 6) is 0.0203. The van der Waals surface area contributed by atoms with E-state index in [-0.39, 0.29) is 0 Å². The molecule has 5 heteroatoms. The molecule has 0 heterocycles. The predicted octanol–water partition coefficient (Wildman–Crippen LogP) is 5.39. The minimum atomic E-state index is -0.399. The number of hydrogen-bond acceptors (Lipinski definition) is 3. The van der Waals surface area contributed by atoms with Gasteiger partial charge in [-0.2, -0.15) is 0 Å². The molecule has 0 amide bonds. The van der Waals surface area contributed by atoms with E-state index < -0.39 is 5.97 Å². The highest BCUT2D eigenvalue weighted by Crippen LogP contribution is 2.38. The molecule has 2 aromatic rings. The van der Waals surface area contributed by atoms with Crippen LogP contribution in [0.4, 0.5) is 11.4 Å². The summed E-state index contributed by atoms with van der Waals surface area (Å²) < 4.78 is 5.26. The Balaban J connectivity index is 2.51. The van der Waals surface area contributed by atoms with E-state index in [2.05, 4.69) is 11.9 Å². The van der Waals surface area contributed by atoms with Gasteiger partial charge in [0.25, 0.3) is 0 Å². The maximum Gasteiger partial charge on any atom is 0.308 e. The number of hydrogen-bond donors (Lipinski definition) is 1. The number of esters is 1. The van der Waals surface area contributed by atoms with Crippen molar-refractivity contribution < 1.29 is 9.53 Å². The van der Waals surface area contributed by atoms with Crippen molar-refractivity contribution >= 4 is 40.5 Å². The van der Waals surface area contributed by atoms with Crippen LogP contribution in [0.3, 0.4) is 0 Å². The van der Waals surface area contributed by atoms with E-state index in [4.69, 9.17) is 27.9 Å². The lowest BCUT2D eigenvalue weighted by Crippen LogP contribution is -2.06. The molecule has 0 fully saturated rings. The number of para-hydroxylation sites is 2. The van der Waals surface area contributed by atoms with Gasteiger partial charge in [-0.25, -0.2) is 0 Å². The lowest BCUT2D eigenvalue weighted by molar-refractivity contribution is -0.131. The Hall–Kier alpha value is -1.97. The van der Waals surface area contributed by atoms with Crippen LogP contribution >= 0.6 is 23.2 Å². The first-order chi connectivity index (χ1) is 10.5. The number of ether oxygens (including phenoxy) is 1. The smallest absolute Gasteiger partial charge is 0.308 e. The Morgan fingerprint density at radius 2 is 1.82 bits per heavy atom. The standard InChI is InChI=1S/C17H15Cl2NO2/c1-3-6-12-7-4-10-15(22-11(2)21)16(12)20-17-13(18)8-5-9-14(17)19/h3-5,7-10,20H,1,6H2,2H3. The normalized spacial score (nSPS) is 10.1. The molecule has 3 nitrogen and oxygen atoms in total.